The molecule has 0 saturated carbocycles. The highest BCUT2D eigenvalue weighted by Crippen LogP contribution is 2.38. The fourth-order valence-electron chi connectivity index (χ4n) is 2.20. The number of rotatable bonds is 7. The first-order valence-electron chi connectivity index (χ1n) is 6.40. The Morgan fingerprint density at radius 3 is 3.00 bits per heavy atom. The molecule has 1 N–H and O–H groups in total. The van der Waals surface area contributed by atoms with E-state index in [-0.39, 0.29) is 0 Å². The lowest BCUT2D eigenvalue weighted by molar-refractivity contribution is 0.584. The Balaban J connectivity index is 1.68. The van der Waals surface area contributed by atoms with Crippen molar-refractivity contribution in [3.8, 4) is 0 Å². The molecule has 2 rings (SSSR count). The predicted molar refractivity (Wildman–Crippen MR) is 80.4 cm³/mol. The van der Waals surface area contributed by atoms with Crippen LogP contribution in [0.3, 0.4) is 0 Å². The highest BCUT2D eigenvalue weighted by atomic mass is 79.9. The van der Waals surface area contributed by atoms with Gasteiger partial charge in [-0.15, -0.1) is 11.8 Å². The molecule has 94 valence electrons. The molecule has 1 unspecified atom stereocenters. The van der Waals surface area contributed by atoms with Gasteiger partial charge in [-0.3, -0.25) is 0 Å². The lowest BCUT2D eigenvalue weighted by atomic mass is 10.0. The number of unbranched alkanes of at least 4 members (excludes halogenated alkanes) is 2. The SMILES string of the molecule is BrCCCCCNCC1CSc2ccccc21. The fraction of sp³-hybridized carbons (Fsp3) is 0.571. The first-order valence-corrected chi connectivity index (χ1v) is 8.51. The zero-order valence-corrected chi connectivity index (χ0v) is 12.5. The molecule has 0 amide bonds. The Labute approximate surface area is 117 Å². The van der Waals surface area contributed by atoms with E-state index < -0.39 is 0 Å². The lowest BCUT2D eigenvalue weighted by Crippen LogP contribution is -2.22. The first kappa shape index (κ1) is 13.4. The average Bonchev–Trinajstić information content (AvgIpc) is 2.77. The van der Waals surface area contributed by atoms with Crippen molar-refractivity contribution in [2.45, 2.75) is 30.1 Å². The smallest absolute Gasteiger partial charge is 0.0108 e. The van der Waals surface area contributed by atoms with Crippen LogP contribution in [0.1, 0.15) is 30.7 Å². The number of fused-ring (bicyclic) bond motifs is 1. The minimum absolute atomic E-state index is 0.715. The molecule has 1 atom stereocenters. The average molecular weight is 314 g/mol. The van der Waals surface area contributed by atoms with Crippen LogP contribution in [0.4, 0.5) is 0 Å². The van der Waals surface area contributed by atoms with Crippen LogP contribution in [0.2, 0.25) is 0 Å². The van der Waals surface area contributed by atoms with Gasteiger partial charge in [0.05, 0.1) is 0 Å². The molecule has 0 bridgehead atoms. The molecular weight excluding hydrogens is 294 g/mol. The monoisotopic (exact) mass is 313 g/mol. The van der Waals surface area contributed by atoms with Crippen molar-refractivity contribution in [3.05, 3.63) is 29.8 Å². The molecule has 1 nitrogen and oxygen atoms in total. The van der Waals surface area contributed by atoms with Gasteiger partial charge in [-0.05, 0) is 31.0 Å². The quantitative estimate of drug-likeness (QED) is 0.602. The Bertz CT molecular complexity index is 343. The van der Waals surface area contributed by atoms with E-state index in [1.54, 1.807) is 5.56 Å². The number of nitrogens with one attached hydrogen (secondary N) is 1. The molecule has 3 heteroatoms. The lowest BCUT2D eigenvalue weighted by Gasteiger charge is -2.11. The van der Waals surface area contributed by atoms with E-state index in [9.17, 15) is 0 Å². The molecule has 1 heterocycles. The van der Waals surface area contributed by atoms with Gasteiger partial charge < -0.3 is 5.32 Å². The van der Waals surface area contributed by atoms with Crippen LogP contribution in [0.15, 0.2) is 29.2 Å². The van der Waals surface area contributed by atoms with Crippen molar-refractivity contribution in [2.24, 2.45) is 0 Å². The predicted octanol–water partition coefficient (Wildman–Crippen LogP) is 4.03. The number of thioether (sulfide) groups is 1. The Morgan fingerprint density at radius 2 is 2.12 bits per heavy atom. The molecule has 17 heavy (non-hydrogen) atoms. The molecule has 0 saturated heterocycles. The Kier molecular flexibility index (Phi) is 5.89. The van der Waals surface area contributed by atoms with Gasteiger partial charge in [0.1, 0.15) is 0 Å². The fourth-order valence-corrected chi connectivity index (χ4v) is 3.85. The summed E-state index contributed by atoms with van der Waals surface area (Å²) in [7, 11) is 0. The molecule has 0 fully saturated rings. The summed E-state index contributed by atoms with van der Waals surface area (Å²) in [6.45, 7) is 2.30. The zero-order valence-electron chi connectivity index (χ0n) is 10.1. The van der Waals surface area contributed by atoms with E-state index in [4.69, 9.17) is 0 Å². The van der Waals surface area contributed by atoms with Crippen molar-refractivity contribution < 1.29 is 0 Å². The van der Waals surface area contributed by atoms with Crippen LogP contribution in [-0.4, -0.2) is 24.2 Å². The van der Waals surface area contributed by atoms with Gasteiger partial charge in [0.2, 0.25) is 0 Å². The van der Waals surface area contributed by atoms with Crippen LogP contribution in [0, 0.1) is 0 Å². The van der Waals surface area contributed by atoms with Crippen molar-refractivity contribution in [1.29, 1.82) is 0 Å². The Hall–Kier alpha value is 0.0100. The minimum Gasteiger partial charge on any atom is -0.316 e. The van der Waals surface area contributed by atoms with Gasteiger partial charge in [0.25, 0.3) is 0 Å². The van der Waals surface area contributed by atoms with E-state index in [2.05, 4.69) is 45.5 Å². The molecule has 1 aromatic carbocycles. The maximum atomic E-state index is 3.60. The van der Waals surface area contributed by atoms with Crippen molar-refractivity contribution in [2.75, 3.05) is 24.2 Å². The van der Waals surface area contributed by atoms with Crippen LogP contribution in [0.25, 0.3) is 0 Å². The maximum Gasteiger partial charge on any atom is 0.0108 e. The Morgan fingerprint density at radius 1 is 1.24 bits per heavy atom. The molecule has 0 radical (unpaired) electrons. The van der Waals surface area contributed by atoms with Crippen molar-refractivity contribution in [1.82, 2.24) is 5.32 Å². The molecular formula is C14H20BrNS. The molecule has 0 aliphatic carbocycles. The summed E-state index contributed by atoms with van der Waals surface area (Å²) >= 11 is 5.47. The number of alkyl halides is 1. The summed E-state index contributed by atoms with van der Waals surface area (Å²) in [6.07, 6.45) is 3.92. The van der Waals surface area contributed by atoms with Gasteiger partial charge in [0.15, 0.2) is 0 Å². The number of hydrogen-bond acceptors (Lipinski definition) is 2. The third-order valence-corrected chi connectivity index (χ3v) is 4.99. The van der Waals surface area contributed by atoms with Gasteiger partial charge in [-0.25, -0.2) is 0 Å². The molecule has 1 aromatic rings. The number of halogens is 1. The third-order valence-electron chi connectivity index (χ3n) is 3.18. The third kappa shape index (κ3) is 4.01. The summed E-state index contributed by atoms with van der Waals surface area (Å²) in [5.41, 5.74) is 1.55. The summed E-state index contributed by atoms with van der Waals surface area (Å²) in [4.78, 5) is 1.48. The van der Waals surface area contributed by atoms with E-state index in [0.717, 1.165) is 18.4 Å². The highest BCUT2D eigenvalue weighted by Gasteiger charge is 2.21. The topological polar surface area (TPSA) is 12.0 Å². The summed E-state index contributed by atoms with van der Waals surface area (Å²) in [5, 5.41) is 4.74. The van der Waals surface area contributed by atoms with E-state index in [1.165, 1.54) is 29.9 Å². The minimum atomic E-state index is 0.715. The van der Waals surface area contributed by atoms with Gasteiger partial charge in [0, 0.05) is 28.4 Å². The molecule has 0 aromatic heterocycles. The second-order valence-electron chi connectivity index (χ2n) is 4.50. The first-order chi connectivity index (χ1) is 8.42. The normalized spacial score (nSPS) is 18.3. The second-order valence-corrected chi connectivity index (χ2v) is 6.35. The van der Waals surface area contributed by atoms with Gasteiger partial charge >= 0.3 is 0 Å². The second kappa shape index (κ2) is 7.45. The molecule has 0 spiro atoms. The summed E-state index contributed by atoms with van der Waals surface area (Å²) in [5.74, 6) is 1.96. The summed E-state index contributed by atoms with van der Waals surface area (Å²) in [6, 6.07) is 8.83. The van der Waals surface area contributed by atoms with Gasteiger partial charge in [-0.2, -0.15) is 0 Å². The zero-order chi connectivity index (χ0) is 11.9. The maximum absolute atomic E-state index is 3.60. The van der Waals surface area contributed by atoms with Crippen LogP contribution in [-0.2, 0) is 0 Å². The van der Waals surface area contributed by atoms with Crippen LogP contribution >= 0.6 is 27.7 Å². The molecule has 1 aliphatic heterocycles. The van der Waals surface area contributed by atoms with Gasteiger partial charge in [-0.1, -0.05) is 40.5 Å². The number of hydrogen-bond donors (Lipinski definition) is 1. The van der Waals surface area contributed by atoms with E-state index >= 15 is 0 Å². The van der Waals surface area contributed by atoms with Crippen molar-refractivity contribution >= 4 is 27.7 Å². The highest BCUT2D eigenvalue weighted by molar-refractivity contribution is 9.09. The molecule has 1 aliphatic rings. The summed E-state index contributed by atoms with van der Waals surface area (Å²) < 4.78 is 0. The van der Waals surface area contributed by atoms with Crippen LogP contribution in [0.5, 0.6) is 0 Å². The standard InChI is InChI=1S/C14H20BrNS/c15-8-4-1-5-9-16-10-12-11-17-14-7-3-2-6-13(12)14/h2-3,6-7,12,16H,1,4-5,8-11H2. The van der Waals surface area contributed by atoms with Crippen LogP contribution < -0.4 is 5.32 Å². The van der Waals surface area contributed by atoms with E-state index in [1.807, 2.05) is 11.8 Å². The largest absolute Gasteiger partial charge is 0.316 e. The van der Waals surface area contributed by atoms with E-state index in [0.29, 0.717) is 5.92 Å². The number of benzene rings is 1. The van der Waals surface area contributed by atoms with Crippen molar-refractivity contribution in [3.63, 3.8) is 0 Å².